The van der Waals surface area contributed by atoms with Gasteiger partial charge in [-0.1, -0.05) is 115 Å². The molecule has 2 atom stereocenters. The van der Waals surface area contributed by atoms with Crippen molar-refractivity contribution >= 4 is 161 Å². The highest BCUT2D eigenvalue weighted by molar-refractivity contribution is 6.24. The van der Waals surface area contributed by atoms with Gasteiger partial charge in [0, 0.05) is 98.9 Å². The molecule has 1 amide bonds. The summed E-state index contributed by atoms with van der Waals surface area (Å²) in [6.07, 6.45) is -16.5. The summed E-state index contributed by atoms with van der Waals surface area (Å²) in [5.41, 5.74) is 4.09. The lowest BCUT2D eigenvalue weighted by Gasteiger charge is -2.25. The standard InChI is InChI=1S/C90H58F9N13O6/c91-88(92,93)51-20-13-46(14-21-51)85(117-100)67-43-48-17-40-64-61-7-1-4-10-70(61)103-76(64)73(48)79(82(67)113)109-106-55-28-34-58(35-29-55)112(59-36-30-56(31-37-59)107-110-80-74-49(18-41-65-62-8-2-5-11-71(62)104-77(65)74)44-68(83(80)114)86(118-101)47-15-22-52(23-16-47)89(94,95)96)60-38-32-57(33-39-60)108-111-81-75-50(19-42-66-63-9-3-6-12-72(63)105-78(66)75)45-69(84(81)115)87(116)102-54-26-24-53(25-27-54)90(97,98)99/h1-45,85-86,103-105,113-115H,100-101H2,(H,102,116). The summed E-state index contributed by atoms with van der Waals surface area (Å²) in [5, 5.41) is 75.7. The fraction of sp³-hybridized carbons (Fsp3) is 0.0556. The monoisotopic (exact) mass is 1590 g/mol. The molecule has 2 unspecified atom stereocenters. The number of nitrogens with two attached hydrogens (primary N) is 2. The lowest BCUT2D eigenvalue weighted by Crippen LogP contribution is -2.13. The van der Waals surface area contributed by atoms with Crippen molar-refractivity contribution in [3.05, 3.63) is 317 Å². The van der Waals surface area contributed by atoms with Crippen LogP contribution in [-0.4, -0.2) is 36.2 Å². The number of para-hydroxylation sites is 3. The molecule has 0 saturated carbocycles. The van der Waals surface area contributed by atoms with E-state index >= 15 is 0 Å². The Morgan fingerprint density at radius 3 is 1.01 bits per heavy atom. The molecule has 0 saturated heterocycles. The van der Waals surface area contributed by atoms with Gasteiger partial charge in [-0.3, -0.25) is 14.5 Å². The third kappa shape index (κ3) is 13.5. The van der Waals surface area contributed by atoms with Crippen LogP contribution in [0, 0.1) is 0 Å². The first-order valence-electron chi connectivity index (χ1n) is 36.4. The molecule has 0 aliphatic heterocycles. The fourth-order valence-electron chi connectivity index (χ4n) is 15.3. The molecule has 0 spiro atoms. The summed E-state index contributed by atoms with van der Waals surface area (Å²) in [7, 11) is 0. The summed E-state index contributed by atoms with van der Waals surface area (Å²) in [6, 6.07) is 71.4. The number of nitrogens with zero attached hydrogens (tertiary/aromatic N) is 7. The average Bonchev–Trinajstić information content (AvgIpc) is 1.53. The zero-order valence-electron chi connectivity index (χ0n) is 60.9. The van der Waals surface area contributed by atoms with Crippen LogP contribution in [-0.2, 0) is 28.2 Å². The van der Waals surface area contributed by atoms with E-state index in [4.69, 9.17) is 31.7 Å². The Kier molecular flexibility index (Phi) is 18.5. The highest BCUT2D eigenvalue weighted by Crippen LogP contribution is 2.52. The largest absolute Gasteiger partial charge is 0.505 e. The van der Waals surface area contributed by atoms with Crippen LogP contribution in [0.2, 0.25) is 0 Å². The number of fused-ring (bicyclic) bond motifs is 15. The van der Waals surface area contributed by atoms with Crippen molar-refractivity contribution in [1.82, 2.24) is 15.0 Å². The molecule has 0 bridgehead atoms. The van der Waals surface area contributed by atoms with E-state index in [-0.39, 0.29) is 56.3 Å². The fourth-order valence-corrected chi connectivity index (χ4v) is 15.3. The van der Waals surface area contributed by atoms with E-state index in [2.05, 4.69) is 40.7 Å². The van der Waals surface area contributed by atoms with Crippen LogP contribution in [0.15, 0.2) is 304 Å². The van der Waals surface area contributed by atoms with Crippen molar-refractivity contribution in [2.24, 2.45) is 42.5 Å². The second-order valence-corrected chi connectivity index (χ2v) is 28.0. The molecule has 3 aromatic heterocycles. The zero-order chi connectivity index (χ0) is 81.6. The molecule has 0 radical (unpaired) electrons. The lowest BCUT2D eigenvalue weighted by atomic mass is 9.94. The Balaban J connectivity index is 0.735. The van der Waals surface area contributed by atoms with Crippen LogP contribution in [0.25, 0.3) is 97.7 Å². The highest BCUT2D eigenvalue weighted by Gasteiger charge is 2.35. The van der Waals surface area contributed by atoms with Crippen LogP contribution >= 0.6 is 0 Å². The van der Waals surface area contributed by atoms with Crippen molar-refractivity contribution in [3.63, 3.8) is 0 Å². The molecule has 0 fully saturated rings. The average molecular weight is 1590 g/mol. The van der Waals surface area contributed by atoms with Crippen molar-refractivity contribution in [2.75, 3.05) is 10.2 Å². The first kappa shape index (κ1) is 74.6. The van der Waals surface area contributed by atoms with Gasteiger partial charge in [-0.15, -0.1) is 15.3 Å². The number of amides is 1. The zero-order valence-corrected chi connectivity index (χ0v) is 60.9. The Morgan fingerprint density at radius 2 is 0.678 bits per heavy atom. The third-order valence-electron chi connectivity index (χ3n) is 21.0. The van der Waals surface area contributed by atoms with Gasteiger partial charge in [0.1, 0.15) is 40.8 Å². The number of halogens is 9. The molecule has 0 aliphatic rings. The molecule has 0 aliphatic carbocycles. The number of aromatic hydroxyl groups is 3. The second kappa shape index (κ2) is 29.2. The van der Waals surface area contributed by atoms with Crippen LogP contribution in [0.1, 0.15) is 61.5 Å². The number of aromatic nitrogens is 3. The number of carbonyl (C=O) groups is 1. The molecule has 118 heavy (non-hydrogen) atoms. The Bertz CT molecular complexity index is 6850. The molecule has 11 N–H and O–H groups in total. The van der Waals surface area contributed by atoms with E-state index in [1.807, 2.05) is 108 Å². The number of rotatable bonds is 17. The number of hydrogen-bond donors (Lipinski definition) is 9. The SMILES string of the molecule is NOC(c1ccc(C(F)(F)F)cc1)c1cc2ccc3c4ccccc4[nH]c3c2c(N=Nc2ccc(N(c3ccc(N=Nc4c(O)c(C(=O)Nc5ccc(C(F)(F)F)cc5)cc5ccc6c7ccccc7[nH]c6c45)cc3)c3ccc(N=Nc4c(O)c(C(ON)c5ccc(C(F)(F)F)cc5)cc5ccc6c7ccccc7[nH]c6c45)cc3)cc2)c1O. The number of anilines is 4. The van der Waals surface area contributed by atoms with Crippen molar-refractivity contribution < 1.29 is 69.3 Å². The Hall–Kier alpha value is -14.8. The van der Waals surface area contributed by atoms with Crippen LogP contribution in [0.5, 0.6) is 17.2 Å². The normalized spacial score (nSPS) is 13.1. The van der Waals surface area contributed by atoms with Crippen LogP contribution < -0.4 is 22.0 Å². The van der Waals surface area contributed by atoms with Crippen molar-refractivity contribution in [3.8, 4) is 17.2 Å². The molecule has 3 heterocycles. The lowest BCUT2D eigenvalue weighted by molar-refractivity contribution is -0.138. The quantitative estimate of drug-likeness (QED) is 0.0238. The van der Waals surface area contributed by atoms with Gasteiger partial charge in [0.15, 0.2) is 5.75 Å². The van der Waals surface area contributed by atoms with Crippen molar-refractivity contribution in [2.45, 2.75) is 30.7 Å². The molecule has 28 heteroatoms. The smallest absolute Gasteiger partial charge is 0.416 e. The second-order valence-electron chi connectivity index (χ2n) is 28.0. The summed E-state index contributed by atoms with van der Waals surface area (Å²) in [4.78, 5) is 37.2. The number of hydrogen-bond acceptors (Lipinski definition) is 15. The number of azo groups is 3. The third-order valence-corrected chi connectivity index (χ3v) is 21.0. The highest BCUT2D eigenvalue weighted by atomic mass is 19.4. The minimum atomic E-state index is -4.64. The maximum Gasteiger partial charge on any atom is 0.416 e. The van der Waals surface area contributed by atoms with E-state index in [9.17, 15) is 59.6 Å². The van der Waals surface area contributed by atoms with E-state index in [1.54, 1.807) is 91.0 Å². The predicted octanol–water partition coefficient (Wildman–Crippen LogP) is 26.2. The number of benzene rings is 15. The molecule has 18 rings (SSSR count). The number of nitrogens with one attached hydrogen (secondary N) is 4. The predicted molar refractivity (Wildman–Crippen MR) is 435 cm³/mol. The van der Waals surface area contributed by atoms with Gasteiger partial charge >= 0.3 is 18.5 Å². The molecular formula is C90H58F9N13O6. The minimum Gasteiger partial charge on any atom is -0.505 e. The van der Waals surface area contributed by atoms with Gasteiger partial charge in [0.05, 0.1) is 55.9 Å². The number of carbonyl (C=O) groups excluding carboxylic acids is 1. The Morgan fingerprint density at radius 1 is 0.364 bits per heavy atom. The van der Waals surface area contributed by atoms with Gasteiger partial charge in [-0.2, -0.15) is 54.9 Å². The minimum absolute atomic E-state index is 0.0163. The van der Waals surface area contributed by atoms with E-state index < -0.39 is 70.6 Å². The first-order valence-corrected chi connectivity index (χ1v) is 36.4. The molecule has 15 aromatic carbocycles. The maximum absolute atomic E-state index is 14.1. The topological polar surface area (TPSA) is 285 Å². The molecule has 19 nitrogen and oxygen atoms in total. The Labute approximate surface area is 659 Å². The number of phenolic OH excluding ortho intramolecular Hbond substituents is 3. The van der Waals surface area contributed by atoms with E-state index in [0.29, 0.717) is 77.3 Å². The van der Waals surface area contributed by atoms with Gasteiger partial charge < -0.3 is 40.5 Å². The molecular weight excluding hydrogens is 1530 g/mol. The number of alkyl halides is 9. The van der Waals surface area contributed by atoms with E-state index in [1.165, 1.54) is 30.3 Å². The summed E-state index contributed by atoms with van der Waals surface area (Å²) in [5.74, 6) is 9.59. The van der Waals surface area contributed by atoms with Gasteiger partial charge in [0.25, 0.3) is 5.91 Å². The van der Waals surface area contributed by atoms with Crippen LogP contribution in [0.4, 0.5) is 96.4 Å². The first-order chi connectivity index (χ1) is 56.9. The van der Waals surface area contributed by atoms with Gasteiger partial charge in [-0.25, -0.2) is 11.8 Å². The van der Waals surface area contributed by atoms with Crippen LogP contribution in [0.3, 0.4) is 0 Å². The number of aromatic amines is 3. The van der Waals surface area contributed by atoms with Gasteiger partial charge in [0.2, 0.25) is 0 Å². The molecule has 18 aromatic rings. The van der Waals surface area contributed by atoms with Gasteiger partial charge in [-0.05, 0) is 185 Å². The summed E-state index contributed by atoms with van der Waals surface area (Å²) < 4.78 is 123. The summed E-state index contributed by atoms with van der Waals surface area (Å²) >= 11 is 0. The molecule has 582 valence electrons. The number of H-pyrrole nitrogens is 3. The van der Waals surface area contributed by atoms with E-state index in [0.717, 1.165) is 97.4 Å². The number of phenols is 3. The summed E-state index contributed by atoms with van der Waals surface area (Å²) in [6.45, 7) is 0. The maximum atomic E-state index is 14.1. The van der Waals surface area contributed by atoms with Crippen molar-refractivity contribution in [1.29, 1.82) is 0 Å².